The van der Waals surface area contributed by atoms with E-state index in [0.29, 0.717) is 13.1 Å². The predicted molar refractivity (Wildman–Crippen MR) is 61.7 cm³/mol. The zero-order valence-electron chi connectivity index (χ0n) is 9.17. The summed E-state index contributed by atoms with van der Waals surface area (Å²) in [7, 11) is -3.47. The van der Waals surface area contributed by atoms with Gasteiger partial charge in [-0.1, -0.05) is 24.3 Å². The maximum Gasteiger partial charge on any atom is 0.304 e. The van der Waals surface area contributed by atoms with Crippen LogP contribution in [-0.4, -0.2) is 29.6 Å². The Morgan fingerprint density at radius 3 is 2.24 bits per heavy atom. The Bertz CT molecular complexity index is 513. The Labute approximate surface area is 99.7 Å². The normalized spacial score (nSPS) is 15.8. The molecule has 0 unspecified atom stereocenters. The van der Waals surface area contributed by atoms with Crippen LogP contribution in [-0.2, 0) is 27.9 Å². The van der Waals surface area contributed by atoms with E-state index >= 15 is 0 Å². The van der Waals surface area contributed by atoms with Gasteiger partial charge < -0.3 is 5.11 Å². The van der Waals surface area contributed by atoms with Gasteiger partial charge >= 0.3 is 5.97 Å². The molecular formula is C11H13NO4S. The van der Waals surface area contributed by atoms with Crippen LogP contribution in [0, 0.1) is 0 Å². The van der Waals surface area contributed by atoms with Crippen molar-refractivity contribution in [3.63, 3.8) is 0 Å². The molecule has 0 aromatic heterocycles. The molecule has 1 aliphatic heterocycles. The molecule has 0 fully saturated rings. The maximum atomic E-state index is 11.9. The highest BCUT2D eigenvalue weighted by molar-refractivity contribution is 7.89. The van der Waals surface area contributed by atoms with E-state index in [1.54, 1.807) is 0 Å². The Kier molecular flexibility index (Phi) is 3.17. The number of rotatable bonds is 4. The average Bonchev–Trinajstić information content (AvgIpc) is 2.71. The molecular weight excluding hydrogens is 242 g/mol. The van der Waals surface area contributed by atoms with Crippen molar-refractivity contribution in [2.45, 2.75) is 19.5 Å². The van der Waals surface area contributed by atoms with Gasteiger partial charge in [0, 0.05) is 13.1 Å². The molecule has 6 heteroatoms. The molecule has 1 N–H and O–H groups in total. The van der Waals surface area contributed by atoms with Crippen molar-refractivity contribution >= 4 is 16.0 Å². The Morgan fingerprint density at radius 1 is 1.24 bits per heavy atom. The van der Waals surface area contributed by atoms with Gasteiger partial charge in [0.15, 0.2) is 0 Å². The summed E-state index contributed by atoms with van der Waals surface area (Å²) in [6, 6.07) is 7.52. The van der Waals surface area contributed by atoms with Gasteiger partial charge in [-0.3, -0.25) is 4.79 Å². The summed E-state index contributed by atoms with van der Waals surface area (Å²) < 4.78 is 25.1. The summed E-state index contributed by atoms with van der Waals surface area (Å²) in [5.74, 6) is -1.43. The molecule has 1 aromatic carbocycles. The first-order valence-electron chi connectivity index (χ1n) is 5.25. The average molecular weight is 255 g/mol. The summed E-state index contributed by atoms with van der Waals surface area (Å²) in [5.41, 5.74) is 1.98. The monoisotopic (exact) mass is 255 g/mol. The zero-order valence-corrected chi connectivity index (χ0v) is 9.98. The number of hydrogen-bond donors (Lipinski definition) is 1. The van der Waals surface area contributed by atoms with Gasteiger partial charge in [-0.25, -0.2) is 8.42 Å². The van der Waals surface area contributed by atoms with Crippen LogP contribution < -0.4 is 0 Å². The molecule has 0 saturated carbocycles. The van der Waals surface area contributed by atoms with Gasteiger partial charge in [0.05, 0.1) is 12.2 Å². The van der Waals surface area contributed by atoms with E-state index < -0.39 is 16.0 Å². The highest BCUT2D eigenvalue weighted by atomic mass is 32.2. The van der Waals surface area contributed by atoms with Crippen molar-refractivity contribution in [2.24, 2.45) is 0 Å². The van der Waals surface area contributed by atoms with Gasteiger partial charge in [0.1, 0.15) is 0 Å². The lowest BCUT2D eigenvalue weighted by molar-refractivity contribution is -0.136. The van der Waals surface area contributed by atoms with E-state index in [4.69, 9.17) is 5.11 Å². The number of carbonyl (C=O) groups is 1. The Balaban J connectivity index is 2.09. The number of benzene rings is 1. The van der Waals surface area contributed by atoms with Crippen LogP contribution in [0.3, 0.4) is 0 Å². The first kappa shape index (κ1) is 12.1. The van der Waals surface area contributed by atoms with Gasteiger partial charge in [-0.2, -0.15) is 4.31 Å². The molecule has 1 aliphatic rings. The second-order valence-electron chi connectivity index (χ2n) is 4.00. The van der Waals surface area contributed by atoms with Gasteiger partial charge in [-0.05, 0) is 11.1 Å². The van der Waals surface area contributed by atoms with Crippen molar-refractivity contribution in [3.8, 4) is 0 Å². The minimum Gasteiger partial charge on any atom is -0.481 e. The van der Waals surface area contributed by atoms with E-state index in [-0.39, 0.29) is 12.2 Å². The molecule has 0 amide bonds. The number of nitrogens with zero attached hydrogens (tertiary/aromatic N) is 1. The summed E-state index contributed by atoms with van der Waals surface area (Å²) in [4.78, 5) is 10.4. The zero-order chi connectivity index (χ0) is 12.5. The fourth-order valence-corrected chi connectivity index (χ4v) is 3.21. The van der Waals surface area contributed by atoms with Crippen LogP contribution in [0.2, 0.25) is 0 Å². The SMILES string of the molecule is O=C(O)CCS(=O)(=O)N1Cc2ccccc2C1. The lowest BCUT2D eigenvalue weighted by Gasteiger charge is -2.14. The smallest absolute Gasteiger partial charge is 0.304 e. The van der Waals surface area contributed by atoms with Crippen molar-refractivity contribution in [3.05, 3.63) is 35.4 Å². The van der Waals surface area contributed by atoms with E-state index in [9.17, 15) is 13.2 Å². The van der Waals surface area contributed by atoms with Crippen LogP contribution in [0.5, 0.6) is 0 Å². The molecule has 5 nitrogen and oxygen atoms in total. The molecule has 17 heavy (non-hydrogen) atoms. The van der Waals surface area contributed by atoms with Gasteiger partial charge in [0.25, 0.3) is 0 Å². The van der Waals surface area contributed by atoms with Crippen molar-refractivity contribution in [1.82, 2.24) is 4.31 Å². The number of sulfonamides is 1. The molecule has 0 spiro atoms. The van der Waals surface area contributed by atoms with E-state index in [0.717, 1.165) is 11.1 Å². The first-order valence-corrected chi connectivity index (χ1v) is 6.86. The summed E-state index contributed by atoms with van der Waals surface area (Å²) >= 11 is 0. The minimum absolute atomic E-state index is 0.337. The van der Waals surface area contributed by atoms with Crippen LogP contribution in [0.25, 0.3) is 0 Å². The van der Waals surface area contributed by atoms with Crippen LogP contribution in [0.15, 0.2) is 24.3 Å². The fraction of sp³-hybridized carbons (Fsp3) is 0.364. The molecule has 0 aliphatic carbocycles. The second-order valence-corrected chi connectivity index (χ2v) is 6.08. The molecule has 2 rings (SSSR count). The summed E-state index contributed by atoms with van der Waals surface area (Å²) in [6.07, 6.45) is -0.352. The van der Waals surface area contributed by atoms with Crippen LogP contribution in [0.4, 0.5) is 0 Å². The van der Waals surface area contributed by atoms with Crippen LogP contribution >= 0.6 is 0 Å². The lowest BCUT2D eigenvalue weighted by Crippen LogP contribution is -2.29. The van der Waals surface area contributed by atoms with Crippen molar-refractivity contribution in [1.29, 1.82) is 0 Å². The van der Waals surface area contributed by atoms with E-state index in [1.165, 1.54) is 4.31 Å². The largest absolute Gasteiger partial charge is 0.481 e. The molecule has 1 aromatic rings. The van der Waals surface area contributed by atoms with E-state index in [1.807, 2.05) is 24.3 Å². The van der Waals surface area contributed by atoms with Gasteiger partial charge in [-0.15, -0.1) is 0 Å². The molecule has 92 valence electrons. The molecule has 0 radical (unpaired) electrons. The van der Waals surface area contributed by atoms with Crippen molar-refractivity contribution in [2.75, 3.05) is 5.75 Å². The summed E-state index contributed by atoms with van der Waals surface area (Å²) in [6.45, 7) is 0.691. The van der Waals surface area contributed by atoms with Gasteiger partial charge in [0.2, 0.25) is 10.0 Å². The molecule has 1 heterocycles. The minimum atomic E-state index is -3.47. The Hall–Kier alpha value is -1.40. The predicted octanol–water partition coefficient (Wildman–Crippen LogP) is 0.807. The fourth-order valence-electron chi connectivity index (χ4n) is 1.84. The number of carboxylic acid groups (broad SMARTS) is 1. The van der Waals surface area contributed by atoms with Crippen molar-refractivity contribution < 1.29 is 18.3 Å². The second kappa shape index (κ2) is 4.46. The van der Waals surface area contributed by atoms with Crippen LogP contribution in [0.1, 0.15) is 17.5 Å². The number of hydrogen-bond acceptors (Lipinski definition) is 3. The Morgan fingerprint density at radius 2 is 1.76 bits per heavy atom. The number of aliphatic carboxylic acids is 1. The third-order valence-electron chi connectivity index (χ3n) is 2.78. The quantitative estimate of drug-likeness (QED) is 0.863. The number of fused-ring (bicyclic) bond motifs is 1. The third kappa shape index (κ3) is 2.65. The lowest BCUT2D eigenvalue weighted by atomic mass is 10.1. The molecule has 0 bridgehead atoms. The topological polar surface area (TPSA) is 74.7 Å². The molecule has 0 atom stereocenters. The van der Waals surface area contributed by atoms with E-state index in [2.05, 4.69) is 0 Å². The standard InChI is InChI=1S/C11H13NO4S/c13-11(14)5-6-17(15,16)12-7-9-3-1-2-4-10(9)8-12/h1-4H,5-8H2,(H,13,14). The third-order valence-corrected chi connectivity index (χ3v) is 4.54. The number of carboxylic acids is 1. The highest BCUT2D eigenvalue weighted by Crippen LogP contribution is 2.25. The molecule has 0 saturated heterocycles. The maximum absolute atomic E-state index is 11.9. The first-order chi connectivity index (χ1) is 7.99. The summed E-state index contributed by atoms with van der Waals surface area (Å²) in [5, 5.41) is 8.51. The highest BCUT2D eigenvalue weighted by Gasteiger charge is 2.28.